The first-order valence-corrected chi connectivity index (χ1v) is 11.6. The van der Waals surface area contributed by atoms with E-state index < -0.39 is 33.4 Å². The molecule has 186 valence electrons. The predicted octanol–water partition coefficient (Wildman–Crippen LogP) is 4.06. The van der Waals surface area contributed by atoms with Gasteiger partial charge in [0.25, 0.3) is 10.0 Å². The average Bonchev–Trinajstić information content (AvgIpc) is 3.54. The summed E-state index contributed by atoms with van der Waals surface area (Å²) in [7, 11) is -3.79. The summed E-state index contributed by atoms with van der Waals surface area (Å²) < 4.78 is 71.9. The van der Waals surface area contributed by atoms with Crippen molar-refractivity contribution in [2.24, 2.45) is 5.92 Å². The molecule has 0 heterocycles. The first kappa shape index (κ1) is 27.1. The molecular formula is C22H24F4N2O5S. The minimum Gasteiger partial charge on any atom is -0.475 e. The van der Waals surface area contributed by atoms with Crippen LogP contribution in [0.1, 0.15) is 32.3 Å². The van der Waals surface area contributed by atoms with E-state index in [0.29, 0.717) is 18.2 Å². The molecule has 2 aromatic rings. The van der Waals surface area contributed by atoms with Crippen molar-refractivity contribution in [1.29, 1.82) is 0 Å². The Labute approximate surface area is 194 Å². The number of halogens is 4. The smallest absolute Gasteiger partial charge is 0.475 e. The van der Waals surface area contributed by atoms with E-state index in [1.807, 2.05) is 13.8 Å². The Morgan fingerprint density at radius 1 is 1.03 bits per heavy atom. The number of aliphatic carboxylic acids is 1. The normalized spacial score (nSPS) is 14.6. The highest BCUT2D eigenvalue weighted by Crippen LogP contribution is 2.48. The molecule has 0 unspecified atom stereocenters. The fourth-order valence-corrected chi connectivity index (χ4v) is 3.98. The summed E-state index contributed by atoms with van der Waals surface area (Å²) in [6, 6.07) is 11.5. The lowest BCUT2D eigenvalue weighted by Crippen LogP contribution is -2.36. The van der Waals surface area contributed by atoms with Gasteiger partial charge >= 0.3 is 12.1 Å². The Morgan fingerprint density at radius 2 is 1.53 bits per heavy atom. The van der Waals surface area contributed by atoms with Gasteiger partial charge in [0.15, 0.2) is 0 Å². The van der Waals surface area contributed by atoms with Crippen LogP contribution in [0.5, 0.6) is 0 Å². The van der Waals surface area contributed by atoms with Crippen molar-refractivity contribution in [1.82, 2.24) is 5.32 Å². The third-order valence-electron chi connectivity index (χ3n) is 4.91. The molecule has 0 aromatic heterocycles. The summed E-state index contributed by atoms with van der Waals surface area (Å²) in [5.41, 5.74) is 0.776. The Balaban J connectivity index is 0.000000509. The molecule has 12 heteroatoms. The van der Waals surface area contributed by atoms with Crippen LogP contribution in [-0.4, -0.2) is 38.1 Å². The third-order valence-corrected chi connectivity index (χ3v) is 6.31. The summed E-state index contributed by atoms with van der Waals surface area (Å²) in [4.78, 5) is 21.4. The first-order chi connectivity index (χ1) is 15.7. The van der Waals surface area contributed by atoms with Crippen molar-refractivity contribution < 1.29 is 40.7 Å². The van der Waals surface area contributed by atoms with Crippen molar-refractivity contribution in [2.75, 3.05) is 11.3 Å². The maximum Gasteiger partial charge on any atom is 0.490 e. The SMILES string of the molecule is CC(C)CNC(=O)C1(c2ccc(NS(=O)(=O)c3ccc(F)cc3)cc2)CC1.O=C(O)C(F)(F)F. The fourth-order valence-electron chi connectivity index (χ4n) is 2.92. The monoisotopic (exact) mass is 504 g/mol. The van der Waals surface area contributed by atoms with E-state index in [9.17, 15) is 30.8 Å². The molecule has 3 N–H and O–H groups in total. The van der Waals surface area contributed by atoms with E-state index in [4.69, 9.17) is 9.90 Å². The lowest BCUT2D eigenvalue weighted by Gasteiger charge is -2.17. The molecule has 1 saturated carbocycles. The number of carboxylic acids is 1. The number of hydrogen-bond donors (Lipinski definition) is 3. The van der Waals surface area contributed by atoms with E-state index in [1.54, 1.807) is 24.3 Å². The van der Waals surface area contributed by atoms with Crippen LogP contribution in [0.15, 0.2) is 53.4 Å². The number of carbonyl (C=O) groups is 2. The van der Waals surface area contributed by atoms with Crippen molar-refractivity contribution in [3.63, 3.8) is 0 Å². The number of carbonyl (C=O) groups excluding carboxylic acids is 1. The van der Waals surface area contributed by atoms with Crippen molar-refractivity contribution in [2.45, 2.75) is 43.2 Å². The van der Waals surface area contributed by atoms with E-state index in [0.717, 1.165) is 30.5 Å². The number of sulfonamides is 1. The molecule has 0 spiro atoms. The van der Waals surface area contributed by atoms with Crippen LogP contribution in [-0.2, 0) is 25.0 Å². The number of nitrogens with one attached hydrogen (secondary N) is 2. The third kappa shape index (κ3) is 7.17. The highest BCUT2D eigenvalue weighted by atomic mass is 32.2. The summed E-state index contributed by atoms with van der Waals surface area (Å²) in [5.74, 6) is -2.85. The highest BCUT2D eigenvalue weighted by Gasteiger charge is 2.51. The highest BCUT2D eigenvalue weighted by molar-refractivity contribution is 7.92. The van der Waals surface area contributed by atoms with Crippen LogP contribution in [0.3, 0.4) is 0 Å². The van der Waals surface area contributed by atoms with Gasteiger partial charge in [0.1, 0.15) is 5.82 Å². The van der Waals surface area contributed by atoms with E-state index in [1.165, 1.54) is 12.1 Å². The van der Waals surface area contributed by atoms with Crippen molar-refractivity contribution >= 4 is 27.6 Å². The molecular weight excluding hydrogens is 480 g/mol. The molecule has 1 amide bonds. The number of benzene rings is 2. The minimum atomic E-state index is -5.08. The van der Waals surface area contributed by atoms with Crippen LogP contribution in [0, 0.1) is 11.7 Å². The zero-order valence-corrected chi connectivity index (χ0v) is 19.1. The summed E-state index contributed by atoms with van der Waals surface area (Å²) in [6.07, 6.45) is -3.50. The van der Waals surface area contributed by atoms with Gasteiger partial charge in [-0.25, -0.2) is 17.6 Å². The molecule has 0 aliphatic heterocycles. The summed E-state index contributed by atoms with van der Waals surface area (Å²) >= 11 is 0. The molecule has 1 aliphatic rings. The average molecular weight is 505 g/mol. The molecule has 0 saturated heterocycles. The van der Waals surface area contributed by atoms with Crippen LogP contribution < -0.4 is 10.0 Å². The molecule has 34 heavy (non-hydrogen) atoms. The zero-order valence-electron chi connectivity index (χ0n) is 18.3. The van der Waals surface area contributed by atoms with Gasteiger partial charge in [0.05, 0.1) is 10.3 Å². The Morgan fingerprint density at radius 3 is 1.94 bits per heavy atom. The maximum atomic E-state index is 13.0. The lowest BCUT2D eigenvalue weighted by molar-refractivity contribution is -0.192. The van der Waals surface area contributed by atoms with E-state index in [-0.39, 0.29) is 10.8 Å². The van der Waals surface area contributed by atoms with E-state index in [2.05, 4.69) is 10.0 Å². The fraction of sp³-hybridized carbons (Fsp3) is 0.364. The minimum absolute atomic E-state index is 0.0142. The molecule has 0 atom stereocenters. The Hall–Kier alpha value is -3.15. The van der Waals surface area contributed by atoms with Crippen LogP contribution in [0.4, 0.5) is 23.2 Å². The second kappa shape index (κ2) is 10.4. The van der Waals surface area contributed by atoms with E-state index >= 15 is 0 Å². The number of carboxylic acid groups (broad SMARTS) is 1. The van der Waals surface area contributed by atoms with Gasteiger partial charge in [-0.15, -0.1) is 0 Å². The van der Waals surface area contributed by atoms with Crippen LogP contribution in [0.25, 0.3) is 0 Å². The van der Waals surface area contributed by atoms with Crippen LogP contribution in [0.2, 0.25) is 0 Å². The molecule has 1 aliphatic carbocycles. The summed E-state index contributed by atoms with van der Waals surface area (Å²) in [5, 5.41) is 10.1. The van der Waals surface area contributed by atoms with Gasteiger partial charge in [-0.2, -0.15) is 13.2 Å². The standard InChI is InChI=1S/C20H23FN2O3S.C2HF3O2/c1-14(2)13-22-19(24)20(11-12-20)15-3-7-17(8-4-15)23-27(25,26)18-9-5-16(21)6-10-18;3-2(4,5)1(6)7/h3-10,14,23H,11-13H2,1-2H3,(H,22,24);(H,6,7). The lowest BCUT2D eigenvalue weighted by atomic mass is 9.94. The van der Waals surface area contributed by atoms with Crippen LogP contribution >= 0.6 is 0 Å². The first-order valence-electron chi connectivity index (χ1n) is 10.1. The molecule has 1 fully saturated rings. The second-order valence-corrected chi connectivity index (χ2v) is 9.81. The number of anilines is 1. The zero-order chi connectivity index (χ0) is 25.7. The summed E-state index contributed by atoms with van der Waals surface area (Å²) in [6.45, 7) is 4.72. The number of rotatable bonds is 7. The number of alkyl halides is 3. The van der Waals surface area contributed by atoms with Gasteiger partial charge in [-0.05, 0) is 60.7 Å². The molecule has 3 rings (SSSR count). The van der Waals surface area contributed by atoms with Gasteiger partial charge < -0.3 is 10.4 Å². The van der Waals surface area contributed by atoms with Crippen molar-refractivity contribution in [3.8, 4) is 0 Å². The topological polar surface area (TPSA) is 113 Å². The second-order valence-electron chi connectivity index (χ2n) is 8.13. The van der Waals surface area contributed by atoms with Gasteiger partial charge in [-0.1, -0.05) is 26.0 Å². The van der Waals surface area contributed by atoms with Gasteiger partial charge in [0.2, 0.25) is 5.91 Å². The molecule has 7 nitrogen and oxygen atoms in total. The molecule has 0 radical (unpaired) electrons. The van der Waals surface area contributed by atoms with Gasteiger partial charge in [0, 0.05) is 12.2 Å². The molecule has 0 bridgehead atoms. The number of hydrogen-bond acceptors (Lipinski definition) is 4. The molecule has 2 aromatic carbocycles. The quantitative estimate of drug-likeness (QED) is 0.493. The largest absolute Gasteiger partial charge is 0.490 e. The maximum absolute atomic E-state index is 13.0. The number of amides is 1. The Bertz CT molecular complexity index is 1110. The van der Waals surface area contributed by atoms with Crippen molar-refractivity contribution in [3.05, 3.63) is 59.9 Å². The predicted molar refractivity (Wildman–Crippen MR) is 116 cm³/mol. The Kier molecular flexibility index (Phi) is 8.30. The van der Waals surface area contributed by atoms with Gasteiger partial charge in [-0.3, -0.25) is 9.52 Å².